The summed E-state index contributed by atoms with van der Waals surface area (Å²) in [7, 11) is 0. The maximum atomic E-state index is 12.2. The molecular formula is C12H10N4O2. The minimum atomic E-state index is -0.218. The van der Waals surface area contributed by atoms with Crippen molar-refractivity contribution in [2.24, 2.45) is 0 Å². The molecule has 90 valence electrons. The molecule has 2 heterocycles. The fourth-order valence-corrected chi connectivity index (χ4v) is 1.70. The van der Waals surface area contributed by atoms with Crippen LogP contribution in [0.15, 0.2) is 45.8 Å². The standard InChI is InChI=1S/C12H10N4O2/c1-8-14-11(18-15-8)10-7-13-16(12(10)17)9-5-3-2-4-6-9/h2-7,13H,1H3. The summed E-state index contributed by atoms with van der Waals surface area (Å²) in [5.74, 6) is 0.722. The van der Waals surface area contributed by atoms with Gasteiger partial charge in [0.1, 0.15) is 5.56 Å². The number of nitrogens with zero attached hydrogens (tertiary/aromatic N) is 3. The molecule has 1 N–H and O–H groups in total. The van der Waals surface area contributed by atoms with E-state index in [1.54, 1.807) is 13.1 Å². The van der Waals surface area contributed by atoms with Crippen molar-refractivity contribution in [3.63, 3.8) is 0 Å². The quantitative estimate of drug-likeness (QED) is 0.739. The smallest absolute Gasteiger partial charge is 0.284 e. The third kappa shape index (κ3) is 1.64. The average molecular weight is 242 g/mol. The van der Waals surface area contributed by atoms with Crippen molar-refractivity contribution < 1.29 is 4.52 Å². The number of nitrogens with one attached hydrogen (secondary N) is 1. The predicted molar refractivity (Wildman–Crippen MR) is 64.4 cm³/mol. The SMILES string of the molecule is Cc1noc(-c2c[nH]n(-c3ccccc3)c2=O)n1. The highest BCUT2D eigenvalue weighted by Gasteiger charge is 2.14. The molecule has 0 unspecified atom stereocenters. The van der Waals surface area contributed by atoms with Gasteiger partial charge in [-0.1, -0.05) is 23.4 Å². The maximum absolute atomic E-state index is 12.2. The van der Waals surface area contributed by atoms with Crippen molar-refractivity contribution in [3.8, 4) is 17.1 Å². The number of rotatable bonds is 2. The number of para-hydroxylation sites is 1. The van der Waals surface area contributed by atoms with Crippen LogP contribution in [0, 0.1) is 6.92 Å². The first-order chi connectivity index (χ1) is 8.75. The number of aromatic nitrogens is 4. The van der Waals surface area contributed by atoms with Gasteiger partial charge in [-0.05, 0) is 19.1 Å². The molecule has 0 amide bonds. The molecule has 0 saturated heterocycles. The van der Waals surface area contributed by atoms with Crippen LogP contribution in [0.3, 0.4) is 0 Å². The third-order valence-corrected chi connectivity index (χ3v) is 2.54. The van der Waals surface area contributed by atoms with Crippen molar-refractivity contribution in [1.29, 1.82) is 0 Å². The van der Waals surface area contributed by atoms with Gasteiger partial charge in [-0.2, -0.15) is 4.98 Å². The van der Waals surface area contributed by atoms with Crippen molar-refractivity contribution in [1.82, 2.24) is 19.9 Å². The van der Waals surface area contributed by atoms with Gasteiger partial charge in [-0.15, -0.1) is 0 Å². The summed E-state index contributed by atoms with van der Waals surface area (Å²) in [5, 5.41) is 6.54. The highest BCUT2D eigenvalue weighted by molar-refractivity contribution is 5.51. The first kappa shape index (κ1) is 10.5. The highest BCUT2D eigenvalue weighted by atomic mass is 16.5. The van der Waals surface area contributed by atoms with Crippen LogP contribution in [0.2, 0.25) is 0 Å². The van der Waals surface area contributed by atoms with Gasteiger partial charge in [0, 0.05) is 6.20 Å². The van der Waals surface area contributed by atoms with Gasteiger partial charge in [-0.25, -0.2) is 4.68 Å². The van der Waals surface area contributed by atoms with E-state index in [4.69, 9.17) is 4.52 Å². The zero-order valence-corrected chi connectivity index (χ0v) is 9.62. The van der Waals surface area contributed by atoms with Crippen LogP contribution in [-0.2, 0) is 0 Å². The van der Waals surface area contributed by atoms with Crippen LogP contribution in [-0.4, -0.2) is 19.9 Å². The Kier molecular flexibility index (Phi) is 2.33. The number of benzene rings is 1. The number of hydrogen-bond acceptors (Lipinski definition) is 4. The zero-order chi connectivity index (χ0) is 12.5. The zero-order valence-electron chi connectivity index (χ0n) is 9.62. The molecule has 0 spiro atoms. The summed E-state index contributed by atoms with van der Waals surface area (Å²) in [6.07, 6.45) is 1.56. The predicted octanol–water partition coefficient (Wildman–Crippen LogP) is 1.52. The first-order valence-electron chi connectivity index (χ1n) is 5.42. The molecule has 0 bridgehead atoms. The van der Waals surface area contributed by atoms with E-state index in [0.29, 0.717) is 11.4 Å². The summed E-state index contributed by atoms with van der Waals surface area (Å²) >= 11 is 0. The fraction of sp³-hybridized carbons (Fsp3) is 0.0833. The van der Waals surface area contributed by atoms with Gasteiger partial charge in [0.05, 0.1) is 5.69 Å². The maximum Gasteiger partial charge on any atom is 0.284 e. The Hall–Kier alpha value is -2.63. The molecule has 1 aromatic carbocycles. The van der Waals surface area contributed by atoms with Gasteiger partial charge in [0.25, 0.3) is 11.4 Å². The number of aryl methyl sites for hydroxylation is 1. The lowest BCUT2D eigenvalue weighted by Crippen LogP contribution is -2.15. The van der Waals surface area contributed by atoms with E-state index in [1.807, 2.05) is 30.3 Å². The molecule has 2 aromatic heterocycles. The highest BCUT2D eigenvalue weighted by Crippen LogP contribution is 2.13. The van der Waals surface area contributed by atoms with Crippen LogP contribution in [0.25, 0.3) is 17.1 Å². The van der Waals surface area contributed by atoms with Crippen molar-refractivity contribution >= 4 is 0 Å². The molecule has 0 aliphatic heterocycles. The summed E-state index contributed by atoms with van der Waals surface area (Å²) in [4.78, 5) is 16.2. The van der Waals surface area contributed by atoms with Crippen LogP contribution in [0.4, 0.5) is 0 Å². The van der Waals surface area contributed by atoms with Crippen LogP contribution >= 0.6 is 0 Å². The second kappa shape index (κ2) is 3.99. The third-order valence-electron chi connectivity index (χ3n) is 2.54. The van der Waals surface area contributed by atoms with Crippen LogP contribution in [0.1, 0.15) is 5.82 Å². The van der Waals surface area contributed by atoms with Gasteiger partial charge < -0.3 is 4.52 Å². The second-order valence-corrected chi connectivity index (χ2v) is 3.81. The normalized spacial score (nSPS) is 10.7. The lowest BCUT2D eigenvalue weighted by molar-refractivity contribution is 0.425. The molecular weight excluding hydrogens is 232 g/mol. The van der Waals surface area contributed by atoms with Crippen molar-refractivity contribution in [2.45, 2.75) is 6.92 Å². The van der Waals surface area contributed by atoms with Gasteiger partial charge >= 0.3 is 0 Å². The molecule has 6 nitrogen and oxygen atoms in total. The van der Waals surface area contributed by atoms with Crippen LogP contribution in [0.5, 0.6) is 0 Å². The Balaban J connectivity index is 2.12. The molecule has 18 heavy (non-hydrogen) atoms. The molecule has 0 aliphatic carbocycles. The van der Waals surface area contributed by atoms with E-state index < -0.39 is 0 Å². The molecule has 0 atom stereocenters. The van der Waals surface area contributed by atoms with Crippen LogP contribution < -0.4 is 5.56 Å². The summed E-state index contributed by atoms with van der Waals surface area (Å²) in [6.45, 7) is 1.70. The number of aromatic amines is 1. The Morgan fingerprint density at radius 2 is 2.06 bits per heavy atom. The minimum Gasteiger partial charge on any atom is -0.334 e. The molecule has 0 radical (unpaired) electrons. The Bertz CT molecular complexity index is 724. The topological polar surface area (TPSA) is 76.7 Å². The molecule has 0 saturated carbocycles. The Morgan fingerprint density at radius 3 is 2.72 bits per heavy atom. The van der Waals surface area contributed by atoms with E-state index in [-0.39, 0.29) is 11.4 Å². The lowest BCUT2D eigenvalue weighted by atomic mass is 10.3. The summed E-state index contributed by atoms with van der Waals surface area (Å²) < 4.78 is 6.41. The average Bonchev–Trinajstić information content (AvgIpc) is 2.97. The van der Waals surface area contributed by atoms with E-state index in [1.165, 1.54) is 4.68 Å². The monoisotopic (exact) mass is 242 g/mol. The molecule has 0 fully saturated rings. The molecule has 6 heteroatoms. The van der Waals surface area contributed by atoms with Gasteiger partial charge in [0.2, 0.25) is 0 Å². The number of hydrogen-bond donors (Lipinski definition) is 1. The summed E-state index contributed by atoms with van der Waals surface area (Å²) in [6, 6.07) is 9.28. The lowest BCUT2D eigenvalue weighted by Gasteiger charge is -1.98. The van der Waals surface area contributed by atoms with Crippen molar-refractivity contribution in [2.75, 3.05) is 0 Å². The Labute approximate surface area is 102 Å². The van der Waals surface area contributed by atoms with E-state index in [2.05, 4.69) is 15.2 Å². The van der Waals surface area contributed by atoms with E-state index in [0.717, 1.165) is 5.69 Å². The molecule has 3 aromatic rings. The van der Waals surface area contributed by atoms with E-state index >= 15 is 0 Å². The van der Waals surface area contributed by atoms with E-state index in [9.17, 15) is 4.79 Å². The summed E-state index contributed by atoms with van der Waals surface area (Å²) in [5.41, 5.74) is 0.897. The van der Waals surface area contributed by atoms with Gasteiger partial charge in [0.15, 0.2) is 5.82 Å². The first-order valence-corrected chi connectivity index (χ1v) is 5.42. The Morgan fingerprint density at radius 1 is 1.28 bits per heavy atom. The number of H-pyrrole nitrogens is 1. The molecule has 0 aliphatic rings. The van der Waals surface area contributed by atoms with Crippen molar-refractivity contribution in [3.05, 3.63) is 52.7 Å². The fourth-order valence-electron chi connectivity index (χ4n) is 1.70. The minimum absolute atomic E-state index is 0.218. The second-order valence-electron chi connectivity index (χ2n) is 3.81. The molecule has 3 rings (SSSR count). The largest absolute Gasteiger partial charge is 0.334 e. The van der Waals surface area contributed by atoms with Gasteiger partial charge in [-0.3, -0.25) is 9.89 Å².